The minimum atomic E-state index is -0.191. The summed E-state index contributed by atoms with van der Waals surface area (Å²) in [6.07, 6.45) is 3.37. The first-order chi connectivity index (χ1) is 15.6. The summed E-state index contributed by atoms with van der Waals surface area (Å²) < 4.78 is 16.5. The zero-order chi connectivity index (χ0) is 22.1. The number of nitrogens with zero attached hydrogens (tertiary/aromatic N) is 4. The molecule has 0 radical (unpaired) electrons. The summed E-state index contributed by atoms with van der Waals surface area (Å²) in [7, 11) is 0. The molecule has 3 aromatic heterocycles. The molecule has 32 heavy (non-hydrogen) atoms. The lowest BCUT2D eigenvalue weighted by Crippen LogP contribution is -2.13. The van der Waals surface area contributed by atoms with Gasteiger partial charge in [0.05, 0.1) is 11.2 Å². The van der Waals surface area contributed by atoms with E-state index in [1.165, 1.54) is 6.07 Å². The second-order valence-corrected chi connectivity index (χ2v) is 8.59. The highest BCUT2D eigenvalue weighted by atomic mass is 32.1. The van der Waals surface area contributed by atoms with Crippen molar-refractivity contribution in [3.63, 3.8) is 0 Å². The van der Waals surface area contributed by atoms with Crippen molar-refractivity contribution in [3.8, 4) is 21.8 Å². The summed E-state index contributed by atoms with van der Waals surface area (Å²) in [5.74, 6) is 0.550. The number of halogens is 1. The Bertz CT molecular complexity index is 1370. The number of fused-ring (bicyclic) bond motifs is 1. The SMILES string of the molecule is Cc1ccc(F)c2c1cc(C)n2CCNc1cc(-c2ccc(-c3nccs3)cc2)ncn1. The zero-order valence-corrected chi connectivity index (χ0v) is 18.7. The maximum Gasteiger partial charge on any atom is 0.147 e. The van der Waals surface area contributed by atoms with Crippen LogP contribution in [0.25, 0.3) is 32.7 Å². The fraction of sp³-hybridized carbons (Fsp3) is 0.160. The molecule has 0 saturated heterocycles. The molecular formula is C25H22FN5S. The van der Waals surface area contributed by atoms with E-state index in [4.69, 9.17) is 0 Å². The number of hydrogen-bond donors (Lipinski definition) is 1. The van der Waals surface area contributed by atoms with E-state index in [2.05, 4.69) is 32.4 Å². The van der Waals surface area contributed by atoms with Gasteiger partial charge in [0.25, 0.3) is 0 Å². The molecule has 0 aliphatic rings. The van der Waals surface area contributed by atoms with Crippen molar-refractivity contribution in [2.45, 2.75) is 20.4 Å². The Hall–Kier alpha value is -3.58. The summed E-state index contributed by atoms with van der Waals surface area (Å²) in [6, 6.07) is 15.5. The molecule has 5 rings (SSSR count). The van der Waals surface area contributed by atoms with E-state index in [9.17, 15) is 4.39 Å². The molecule has 0 fully saturated rings. The van der Waals surface area contributed by atoms with Crippen LogP contribution in [0.3, 0.4) is 0 Å². The van der Waals surface area contributed by atoms with Gasteiger partial charge in [-0.15, -0.1) is 11.3 Å². The van der Waals surface area contributed by atoms with Crippen LogP contribution < -0.4 is 5.32 Å². The van der Waals surface area contributed by atoms with Crippen molar-refractivity contribution in [3.05, 3.63) is 83.5 Å². The Morgan fingerprint density at radius 3 is 2.56 bits per heavy atom. The molecule has 7 heteroatoms. The van der Waals surface area contributed by atoms with Gasteiger partial charge in [-0.05, 0) is 31.5 Å². The standard InChI is InChI=1S/C25H22FN5S/c1-16-3-8-21(26)24-20(16)13-17(2)31(24)11-9-27-23-14-22(29-15-30-23)18-4-6-19(7-5-18)25-28-10-12-32-25/h3-8,10,12-15H,9,11H2,1-2H3,(H,27,29,30). The van der Waals surface area contributed by atoms with Gasteiger partial charge in [0, 0.05) is 52.9 Å². The maximum atomic E-state index is 14.5. The molecule has 0 spiro atoms. The van der Waals surface area contributed by atoms with Crippen molar-refractivity contribution in [1.29, 1.82) is 0 Å². The predicted octanol–water partition coefficient (Wildman–Crippen LogP) is 6.09. The van der Waals surface area contributed by atoms with Gasteiger partial charge in [0.1, 0.15) is 23.0 Å². The van der Waals surface area contributed by atoms with Crippen LogP contribution in [-0.2, 0) is 6.54 Å². The van der Waals surface area contributed by atoms with Crippen molar-refractivity contribution < 1.29 is 4.39 Å². The highest BCUT2D eigenvalue weighted by Gasteiger charge is 2.12. The summed E-state index contributed by atoms with van der Waals surface area (Å²) in [6.45, 7) is 5.28. The lowest BCUT2D eigenvalue weighted by Gasteiger charge is -2.11. The van der Waals surface area contributed by atoms with E-state index in [1.54, 1.807) is 17.7 Å². The average molecular weight is 444 g/mol. The molecule has 2 aromatic carbocycles. The number of aryl methyl sites for hydroxylation is 2. The van der Waals surface area contributed by atoms with Crippen molar-refractivity contribution in [2.24, 2.45) is 0 Å². The van der Waals surface area contributed by atoms with E-state index >= 15 is 0 Å². The molecule has 0 atom stereocenters. The Kier molecular flexibility index (Phi) is 5.41. The van der Waals surface area contributed by atoms with Crippen molar-refractivity contribution in [2.75, 3.05) is 11.9 Å². The summed E-state index contributed by atoms with van der Waals surface area (Å²) >= 11 is 1.62. The van der Waals surface area contributed by atoms with Crippen molar-refractivity contribution in [1.82, 2.24) is 19.5 Å². The summed E-state index contributed by atoms with van der Waals surface area (Å²) in [5, 5.41) is 7.29. The first-order valence-electron chi connectivity index (χ1n) is 10.4. The van der Waals surface area contributed by atoms with Crippen LogP contribution >= 0.6 is 11.3 Å². The van der Waals surface area contributed by atoms with Gasteiger partial charge < -0.3 is 9.88 Å². The second-order valence-electron chi connectivity index (χ2n) is 7.69. The van der Waals surface area contributed by atoms with Gasteiger partial charge in [-0.3, -0.25) is 0 Å². The topological polar surface area (TPSA) is 55.6 Å². The molecule has 160 valence electrons. The summed E-state index contributed by atoms with van der Waals surface area (Å²) in [5.41, 5.74) is 5.73. The molecule has 3 heterocycles. The second kappa shape index (κ2) is 8.51. The largest absolute Gasteiger partial charge is 0.368 e. The quantitative estimate of drug-likeness (QED) is 0.345. The lowest BCUT2D eigenvalue weighted by molar-refractivity contribution is 0.621. The third-order valence-corrected chi connectivity index (χ3v) is 6.43. The van der Waals surface area contributed by atoms with Crippen LogP contribution in [0.4, 0.5) is 10.2 Å². The first-order valence-corrected chi connectivity index (χ1v) is 11.3. The van der Waals surface area contributed by atoms with E-state index < -0.39 is 0 Å². The maximum absolute atomic E-state index is 14.5. The highest BCUT2D eigenvalue weighted by Crippen LogP contribution is 2.27. The molecular weight excluding hydrogens is 421 g/mol. The van der Waals surface area contributed by atoms with E-state index in [1.807, 2.05) is 60.3 Å². The monoisotopic (exact) mass is 443 g/mol. The number of anilines is 1. The van der Waals surface area contributed by atoms with Crippen LogP contribution in [0.2, 0.25) is 0 Å². The normalized spacial score (nSPS) is 11.2. The molecule has 0 aliphatic heterocycles. The van der Waals surface area contributed by atoms with Crippen LogP contribution in [0.15, 0.2) is 66.4 Å². The van der Waals surface area contributed by atoms with Gasteiger partial charge in [-0.25, -0.2) is 19.3 Å². The van der Waals surface area contributed by atoms with Crippen LogP contribution in [0, 0.1) is 19.7 Å². The van der Waals surface area contributed by atoms with Gasteiger partial charge in [-0.2, -0.15) is 0 Å². The Labute approximate surface area is 189 Å². The molecule has 0 saturated carbocycles. The van der Waals surface area contributed by atoms with Gasteiger partial charge >= 0.3 is 0 Å². The number of rotatable bonds is 6. The number of aromatic nitrogens is 4. The fourth-order valence-corrected chi connectivity index (χ4v) is 4.59. The van der Waals surface area contributed by atoms with Crippen molar-refractivity contribution >= 4 is 28.1 Å². The zero-order valence-electron chi connectivity index (χ0n) is 17.8. The Morgan fingerprint density at radius 2 is 1.78 bits per heavy atom. The fourth-order valence-electron chi connectivity index (χ4n) is 3.95. The van der Waals surface area contributed by atoms with Crippen LogP contribution in [-0.4, -0.2) is 26.1 Å². The molecule has 0 bridgehead atoms. The molecule has 0 amide bonds. The number of thiazole rings is 1. The third kappa shape index (κ3) is 3.87. The summed E-state index contributed by atoms with van der Waals surface area (Å²) in [4.78, 5) is 13.1. The average Bonchev–Trinajstić information content (AvgIpc) is 3.46. The molecule has 0 aliphatic carbocycles. The lowest BCUT2D eigenvalue weighted by atomic mass is 10.1. The minimum Gasteiger partial charge on any atom is -0.368 e. The molecule has 1 N–H and O–H groups in total. The van der Waals surface area contributed by atoms with Crippen LogP contribution in [0.5, 0.6) is 0 Å². The number of benzene rings is 2. The Balaban J connectivity index is 1.31. The van der Waals surface area contributed by atoms with Crippen LogP contribution in [0.1, 0.15) is 11.3 Å². The number of hydrogen-bond acceptors (Lipinski definition) is 5. The molecule has 0 unspecified atom stereocenters. The van der Waals surface area contributed by atoms with Gasteiger partial charge in [-0.1, -0.05) is 30.3 Å². The first kappa shape index (κ1) is 20.3. The molecule has 5 nitrogen and oxygen atoms in total. The predicted molar refractivity (Wildman–Crippen MR) is 128 cm³/mol. The van der Waals surface area contributed by atoms with E-state index in [-0.39, 0.29) is 5.82 Å². The Morgan fingerprint density at radius 1 is 0.969 bits per heavy atom. The smallest absolute Gasteiger partial charge is 0.147 e. The third-order valence-electron chi connectivity index (χ3n) is 5.60. The molecule has 5 aromatic rings. The minimum absolute atomic E-state index is 0.191. The number of nitrogens with one attached hydrogen (secondary N) is 1. The van der Waals surface area contributed by atoms with Gasteiger partial charge in [0.15, 0.2) is 0 Å². The van der Waals surface area contributed by atoms with E-state index in [0.29, 0.717) is 18.6 Å². The van der Waals surface area contributed by atoms with Gasteiger partial charge in [0.2, 0.25) is 0 Å². The van der Waals surface area contributed by atoms with E-state index in [0.717, 1.165) is 44.3 Å². The highest BCUT2D eigenvalue weighted by molar-refractivity contribution is 7.13.